The number of carbonyl (C=O) groups excluding carboxylic acids is 1. The van der Waals surface area contributed by atoms with Crippen LogP contribution in [-0.2, 0) is 11.2 Å². The fraction of sp³-hybridized carbons (Fsp3) is 0.250. The first-order valence-electron chi connectivity index (χ1n) is 7.44. The molecule has 0 saturated heterocycles. The molecule has 1 atom stereocenters. The summed E-state index contributed by atoms with van der Waals surface area (Å²) >= 11 is 5.65. The molecule has 7 nitrogen and oxygen atoms in total. The molecule has 0 radical (unpaired) electrons. The van der Waals surface area contributed by atoms with Crippen molar-refractivity contribution in [3.05, 3.63) is 53.1 Å². The molecule has 0 fully saturated rings. The quantitative estimate of drug-likeness (QED) is 0.863. The van der Waals surface area contributed by atoms with Crippen LogP contribution < -0.4 is 11.1 Å². The second-order valence-electron chi connectivity index (χ2n) is 5.35. The Morgan fingerprint density at radius 1 is 1.29 bits per heavy atom. The summed E-state index contributed by atoms with van der Waals surface area (Å²) in [5, 5.41) is 3.01. The first-order valence-corrected chi connectivity index (χ1v) is 7.82. The van der Waals surface area contributed by atoms with E-state index in [-0.39, 0.29) is 28.8 Å². The van der Waals surface area contributed by atoms with E-state index >= 15 is 0 Å². The van der Waals surface area contributed by atoms with Crippen molar-refractivity contribution in [1.29, 1.82) is 0 Å². The smallest absolute Gasteiger partial charge is 0.282 e. The zero-order valence-corrected chi connectivity index (χ0v) is 13.5. The van der Waals surface area contributed by atoms with Crippen molar-refractivity contribution in [3.8, 4) is 0 Å². The Kier molecular flexibility index (Phi) is 4.90. The summed E-state index contributed by atoms with van der Waals surface area (Å²) in [5.74, 6) is -0.333. The third-order valence-electron chi connectivity index (χ3n) is 3.56. The van der Waals surface area contributed by atoms with Gasteiger partial charge in [0.05, 0.1) is 18.4 Å². The average Bonchev–Trinajstić information content (AvgIpc) is 3.00. The molecule has 0 aliphatic carbocycles. The zero-order valence-electron chi connectivity index (χ0n) is 12.8. The first-order chi connectivity index (χ1) is 11.6. The van der Waals surface area contributed by atoms with Gasteiger partial charge in [-0.15, -0.1) is 0 Å². The molecule has 3 rings (SSSR count). The monoisotopic (exact) mass is 345 g/mol. The number of nitrogens with zero attached hydrogens (tertiary/aromatic N) is 3. The number of anilines is 1. The lowest BCUT2D eigenvalue weighted by atomic mass is 10.1. The van der Waals surface area contributed by atoms with Crippen LogP contribution in [0.3, 0.4) is 0 Å². The van der Waals surface area contributed by atoms with Crippen LogP contribution >= 0.6 is 11.6 Å². The molecule has 2 heterocycles. The largest absolute Gasteiger partial charge is 0.463 e. The second kappa shape index (κ2) is 7.27. The summed E-state index contributed by atoms with van der Waals surface area (Å²) in [7, 11) is 0. The average molecular weight is 346 g/mol. The maximum absolute atomic E-state index is 12.0. The molecule has 1 aromatic carbocycles. The Hall–Kier alpha value is -2.67. The lowest BCUT2D eigenvalue weighted by molar-refractivity contribution is 0.102. The minimum atomic E-state index is -0.333. The van der Waals surface area contributed by atoms with Crippen molar-refractivity contribution >= 4 is 29.2 Å². The van der Waals surface area contributed by atoms with Crippen LogP contribution in [0.15, 0.2) is 41.7 Å². The normalized spacial score (nSPS) is 16.4. The third kappa shape index (κ3) is 4.20. The number of halogens is 1. The topological polar surface area (TPSA) is 102 Å². The number of amidine groups is 1. The number of benzene rings is 1. The van der Waals surface area contributed by atoms with E-state index in [0.29, 0.717) is 12.3 Å². The maximum Gasteiger partial charge on any atom is 0.282 e. The molecule has 8 heteroatoms. The molecular weight excluding hydrogens is 330 g/mol. The number of aromatic nitrogens is 2. The number of ether oxygens (including phenoxy) is 1. The highest BCUT2D eigenvalue weighted by Crippen LogP contribution is 2.15. The summed E-state index contributed by atoms with van der Waals surface area (Å²) in [6.45, 7) is 0.544. The molecule has 0 saturated carbocycles. The molecule has 1 aromatic heterocycles. The van der Waals surface area contributed by atoms with Gasteiger partial charge in [-0.1, -0.05) is 23.7 Å². The number of aliphatic imine (C=N–C) groups is 1. The van der Waals surface area contributed by atoms with Gasteiger partial charge in [-0.3, -0.25) is 4.79 Å². The predicted molar refractivity (Wildman–Crippen MR) is 91.1 cm³/mol. The Bertz CT molecular complexity index is 746. The Balaban J connectivity index is 1.54. The van der Waals surface area contributed by atoms with Crippen LogP contribution in [0.5, 0.6) is 0 Å². The van der Waals surface area contributed by atoms with Gasteiger partial charge >= 0.3 is 0 Å². The molecule has 1 amide bonds. The number of hydrogen-bond acceptors (Lipinski definition) is 6. The van der Waals surface area contributed by atoms with Gasteiger partial charge in [-0.2, -0.15) is 0 Å². The number of amides is 1. The standard InChI is InChI=1S/C16H16ClN5O2/c17-14-8-19-13(7-20-14)15(23)21-11-4-1-10(2-5-11)3-6-12-9-24-16(18)22-12/h1-2,4-5,7-8,12H,3,6,9H2,(H2,18,22)(H,21,23). The van der Waals surface area contributed by atoms with E-state index in [2.05, 4.69) is 20.3 Å². The molecule has 0 bridgehead atoms. The van der Waals surface area contributed by atoms with Gasteiger partial charge in [-0.25, -0.2) is 15.0 Å². The number of hydrogen-bond donors (Lipinski definition) is 2. The maximum atomic E-state index is 12.0. The number of carbonyl (C=O) groups is 1. The first kappa shape index (κ1) is 16.2. The third-order valence-corrected chi connectivity index (χ3v) is 3.76. The van der Waals surface area contributed by atoms with Crippen LogP contribution in [0, 0.1) is 0 Å². The van der Waals surface area contributed by atoms with E-state index in [1.807, 2.05) is 24.3 Å². The Morgan fingerprint density at radius 3 is 2.71 bits per heavy atom. The van der Waals surface area contributed by atoms with Gasteiger partial charge in [-0.05, 0) is 30.5 Å². The van der Waals surface area contributed by atoms with Crippen molar-refractivity contribution in [3.63, 3.8) is 0 Å². The summed E-state index contributed by atoms with van der Waals surface area (Å²) in [5.41, 5.74) is 7.54. The highest BCUT2D eigenvalue weighted by molar-refractivity contribution is 6.29. The van der Waals surface area contributed by atoms with Gasteiger partial charge in [0.15, 0.2) is 0 Å². The van der Waals surface area contributed by atoms with Gasteiger partial charge in [0.2, 0.25) is 0 Å². The lowest BCUT2D eigenvalue weighted by Gasteiger charge is -2.07. The lowest BCUT2D eigenvalue weighted by Crippen LogP contribution is -2.14. The van der Waals surface area contributed by atoms with Crippen LogP contribution in [0.25, 0.3) is 0 Å². The molecule has 124 valence electrons. The highest BCUT2D eigenvalue weighted by atomic mass is 35.5. The second-order valence-corrected chi connectivity index (χ2v) is 5.73. The Labute approximate surface area is 143 Å². The van der Waals surface area contributed by atoms with Gasteiger partial charge in [0.1, 0.15) is 17.5 Å². The van der Waals surface area contributed by atoms with E-state index in [0.717, 1.165) is 18.4 Å². The summed E-state index contributed by atoms with van der Waals surface area (Å²) in [6, 6.07) is 8.01. The van der Waals surface area contributed by atoms with Gasteiger partial charge in [0, 0.05) is 5.69 Å². The van der Waals surface area contributed by atoms with Gasteiger partial charge in [0.25, 0.3) is 11.9 Å². The number of aryl methyl sites for hydroxylation is 1. The SMILES string of the molecule is NC1=NC(CCc2ccc(NC(=O)c3cnc(Cl)cn3)cc2)CO1. The fourth-order valence-corrected chi connectivity index (χ4v) is 2.39. The molecule has 0 spiro atoms. The molecule has 2 aromatic rings. The summed E-state index contributed by atoms with van der Waals surface area (Å²) in [4.78, 5) is 24.0. The molecule has 1 aliphatic rings. The fourth-order valence-electron chi connectivity index (χ4n) is 2.30. The minimum Gasteiger partial charge on any atom is -0.463 e. The van der Waals surface area contributed by atoms with Crippen molar-refractivity contribution in [2.24, 2.45) is 10.7 Å². The van der Waals surface area contributed by atoms with Crippen LogP contribution in [-0.4, -0.2) is 34.5 Å². The number of rotatable bonds is 5. The van der Waals surface area contributed by atoms with E-state index in [1.54, 1.807) is 0 Å². The van der Waals surface area contributed by atoms with Crippen LogP contribution in [0.4, 0.5) is 5.69 Å². The summed E-state index contributed by atoms with van der Waals surface area (Å²) in [6.07, 6.45) is 4.40. The Morgan fingerprint density at radius 2 is 2.08 bits per heavy atom. The number of nitrogens with one attached hydrogen (secondary N) is 1. The molecular formula is C16H16ClN5O2. The highest BCUT2D eigenvalue weighted by Gasteiger charge is 2.16. The zero-order chi connectivity index (χ0) is 16.9. The van der Waals surface area contributed by atoms with Crippen LogP contribution in [0.2, 0.25) is 5.15 Å². The molecule has 24 heavy (non-hydrogen) atoms. The predicted octanol–water partition coefficient (Wildman–Crippen LogP) is 2.03. The van der Waals surface area contributed by atoms with Gasteiger partial charge < -0.3 is 15.8 Å². The minimum absolute atomic E-state index is 0.118. The summed E-state index contributed by atoms with van der Waals surface area (Å²) < 4.78 is 5.13. The molecule has 3 N–H and O–H groups in total. The molecule has 1 unspecified atom stereocenters. The van der Waals surface area contributed by atoms with E-state index in [1.165, 1.54) is 12.4 Å². The van der Waals surface area contributed by atoms with E-state index < -0.39 is 0 Å². The van der Waals surface area contributed by atoms with E-state index in [4.69, 9.17) is 22.1 Å². The van der Waals surface area contributed by atoms with Crippen molar-refractivity contribution in [2.45, 2.75) is 18.9 Å². The van der Waals surface area contributed by atoms with Crippen LogP contribution in [0.1, 0.15) is 22.5 Å². The molecule has 1 aliphatic heterocycles. The van der Waals surface area contributed by atoms with Crippen molar-refractivity contribution in [2.75, 3.05) is 11.9 Å². The van der Waals surface area contributed by atoms with E-state index in [9.17, 15) is 4.79 Å². The van der Waals surface area contributed by atoms with Crippen molar-refractivity contribution in [1.82, 2.24) is 9.97 Å². The van der Waals surface area contributed by atoms with Crippen molar-refractivity contribution < 1.29 is 9.53 Å². The number of nitrogens with two attached hydrogens (primary N) is 1.